The van der Waals surface area contributed by atoms with Crippen LogP contribution in [0.4, 0.5) is 4.79 Å². The highest BCUT2D eigenvalue weighted by Gasteiger charge is 2.37. The molecule has 2 N–H and O–H groups in total. The molecular weight excluding hydrogens is 380 g/mol. The first-order valence-corrected chi connectivity index (χ1v) is 10.2. The second kappa shape index (κ2) is 9.49. The van der Waals surface area contributed by atoms with Gasteiger partial charge in [-0.1, -0.05) is 37.5 Å². The van der Waals surface area contributed by atoms with Crippen LogP contribution in [0.15, 0.2) is 30.5 Å². The molecule has 1 saturated heterocycles. The van der Waals surface area contributed by atoms with Gasteiger partial charge in [0.25, 0.3) is 0 Å². The van der Waals surface area contributed by atoms with Gasteiger partial charge in [0.1, 0.15) is 17.6 Å². The fourth-order valence-corrected chi connectivity index (χ4v) is 3.54. The largest absolute Gasteiger partial charge is 0.453 e. The minimum atomic E-state index is -0.645. The number of H-pyrrole nitrogens is 1. The summed E-state index contributed by atoms with van der Waals surface area (Å²) in [7, 11) is 1.29. The molecule has 158 valence electrons. The second-order valence-corrected chi connectivity index (χ2v) is 7.85. The van der Waals surface area contributed by atoms with Gasteiger partial charge in [-0.25, -0.2) is 9.78 Å². The summed E-state index contributed by atoms with van der Waals surface area (Å²) in [6.45, 7) is 6.46. The third kappa shape index (κ3) is 5.01. The Labute approximate surface area is 177 Å². The summed E-state index contributed by atoms with van der Waals surface area (Å²) < 4.78 is 4.67. The van der Waals surface area contributed by atoms with Crippen LogP contribution in [0.1, 0.15) is 55.4 Å². The van der Waals surface area contributed by atoms with Gasteiger partial charge in [-0.05, 0) is 43.7 Å². The lowest BCUT2D eigenvalue weighted by Gasteiger charge is -2.29. The topological polar surface area (TPSA) is 87.3 Å². The standard InChI is InChI=1S/C23H28N4O3/c1-15(2)20(26-23(29)30-4)22(28)27-13-5-6-19(27)21-24-14-18(25-21)12-11-17-9-7-16(3)8-10-17/h7-10,14-15,19-20H,5-6,13H2,1-4H3,(H,24,25)(H,26,29)/t19-,20-/m0/s1. The number of aryl methyl sites for hydroxylation is 1. The number of aromatic amines is 1. The molecule has 2 aromatic rings. The second-order valence-electron chi connectivity index (χ2n) is 7.85. The van der Waals surface area contributed by atoms with E-state index in [9.17, 15) is 9.59 Å². The van der Waals surface area contributed by atoms with Gasteiger partial charge < -0.3 is 19.9 Å². The number of aromatic nitrogens is 2. The number of nitrogens with zero attached hydrogens (tertiary/aromatic N) is 2. The van der Waals surface area contributed by atoms with Crippen LogP contribution in [0.3, 0.4) is 0 Å². The van der Waals surface area contributed by atoms with Crippen LogP contribution >= 0.6 is 0 Å². The summed E-state index contributed by atoms with van der Waals surface area (Å²) in [4.78, 5) is 34.3. The first kappa shape index (κ1) is 21.4. The number of carbonyl (C=O) groups is 2. The first-order valence-electron chi connectivity index (χ1n) is 10.2. The molecular formula is C23H28N4O3. The maximum absolute atomic E-state index is 13.2. The SMILES string of the molecule is COC(=O)N[C@H](C(=O)N1CCC[C@H]1c1ncc(C#Cc2ccc(C)cc2)[nH]1)C(C)C. The Morgan fingerprint density at radius 1 is 1.27 bits per heavy atom. The smallest absolute Gasteiger partial charge is 0.407 e. The molecule has 7 nitrogen and oxygen atoms in total. The average molecular weight is 409 g/mol. The Balaban J connectivity index is 1.75. The van der Waals surface area contributed by atoms with Gasteiger partial charge in [-0.2, -0.15) is 0 Å². The number of likely N-dealkylation sites (tertiary alicyclic amines) is 1. The zero-order valence-electron chi connectivity index (χ0n) is 17.9. The van der Waals surface area contributed by atoms with E-state index in [0.717, 1.165) is 24.2 Å². The number of nitrogens with one attached hydrogen (secondary N) is 2. The highest BCUT2D eigenvalue weighted by Crippen LogP contribution is 2.31. The monoisotopic (exact) mass is 408 g/mol. The van der Waals surface area contributed by atoms with Crippen LogP contribution in [0.5, 0.6) is 0 Å². The molecule has 1 aliphatic rings. The number of amides is 2. The third-order valence-corrected chi connectivity index (χ3v) is 5.23. The minimum absolute atomic E-state index is 0.0645. The van der Waals surface area contributed by atoms with Crippen molar-refractivity contribution < 1.29 is 14.3 Å². The van der Waals surface area contributed by atoms with E-state index < -0.39 is 12.1 Å². The summed E-state index contributed by atoms with van der Waals surface area (Å²) in [5, 5.41) is 2.66. The van der Waals surface area contributed by atoms with Crippen LogP contribution in [-0.4, -0.2) is 46.6 Å². The quantitative estimate of drug-likeness (QED) is 0.761. The molecule has 0 radical (unpaired) electrons. The molecule has 1 aromatic carbocycles. The molecule has 0 spiro atoms. The molecule has 3 rings (SSSR count). The minimum Gasteiger partial charge on any atom is -0.453 e. The number of methoxy groups -OCH3 is 1. The highest BCUT2D eigenvalue weighted by molar-refractivity contribution is 5.86. The Morgan fingerprint density at radius 3 is 2.67 bits per heavy atom. The number of hydrogen-bond donors (Lipinski definition) is 2. The Morgan fingerprint density at radius 2 is 2.00 bits per heavy atom. The number of imidazole rings is 1. The van der Waals surface area contributed by atoms with Crippen molar-refractivity contribution in [1.82, 2.24) is 20.2 Å². The van der Waals surface area contributed by atoms with Crippen molar-refractivity contribution in [2.24, 2.45) is 5.92 Å². The molecule has 1 fully saturated rings. The summed E-state index contributed by atoms with van der Waals surface area (Å²) in [6, 6.07) is 7.21. The van der Waals surface area contributed by atoms with Gasteiger partial charge in [-0.3, -0.25) is 4.79 Å². The number of rotatable bonds is 4. The van der Waals surface area contributed by atoms with E-state index >= 15 is 0 Å². The van der Waals surface area contributed by atoms with Crippen LogP contribution in [-0.2, 0) is 9.53 Å². The lowest BCUT2D eigenvalue weighted by Crippen LogP contribution is -2.51. The fourth-order valence-electron chi connectivity index (χ4n) is 3.54. The van der Waals surface area contributed by atoms with E-state index in [1.807, 2.05) is 45.0 Å². The average Bonchev–Trinajstić information content (AvgIpc) is 3.40. The van der Waals surface area contributed by atoms with Crippen LogP contribution in [0.2, 0.25) is 0 Å². The van der Waals surface area contributed by atoms with E-state index in [-0.39, 0.29) is 17.9 Å². The molecule has 2 heterocycles. The predicted octanol–water partition coefficient (Wildman–Crippen LogP) is 3.16. The fraction of sp³-hybridized carbons (Fsp3) is 0.435. The summed E-state index contributed by atoms with van der Waals surface area (Å²) in [5.74, 6) is 6.75. The molecule has 0 bridgehead atoms. The first-order chi connectivity index (χ1) is 14.4. The zero-order chi connectivity index (χ0) is 21.7. The van der Waals surface area contributed by atoms with Crippen molar-refractivity contribution in [3.8, 4) is 11.8 Å². The maximum Gasteiger partial charge on any atom is 0.407 e. The van der Waals surface area contributed by atoms with Crippen molar-refractivity contribution >= 4 is 12.0 Å². The maximum atomic E-state index is 13.2. The van der Waals surface area contributed by atoms with Crippen molar-refractivity contribution in [1.29, 1.82) is 0 Å². The molecule has 30 heavy (non-hydrogen) atoms. The van der Waals surface area contributed by atoms with Crippen LogP contribution in [0.25, 0.3) is 0 Å². The van der Waals surface area contributed by atoms with Crippen molar-refractivity contribution in [2.45, 2.75) is 45.7 Å². The number of benzene rings is 1. The molecule has 0 aliphatic carbocycles. The van der Waals surface area contributed by atoms with Gasteiger partial charge in [0.2, 0.25) is 5.91 Å². The van der Waals surface area contributed by atoms with Crippen LogP contribution < -0.4 is 5.32 Å². The van der Waals surface area contributed by atoms with Crippen LogP contribution in [0, 0.1) is 24.7 Å². The number of ether oxygens (including phenoxy) is 1. The van der Waals surface area contributed by atoms with E-state index in [1.54, 1.807) is 11.1 Å². The highest BCUT2D eigenvalue weighted by atomic mass is 16.5. The molecule has 2 atom stereocenters. The van der Waals surface area contributed by atoms with E-state index in [2.05, 4.69) is 31.9 Å². The Bertz CT molecular complexity index is 953. The summed E-state index contributed by atoms with van der Waals surface area (Å²) in [5.41, 5.74) is 2.83. The number of carbonyl (C=O) groups excluding carboxylic acids is 2. The summed E-state index contributed by atoms with van der Waals surface area (Å²) >= 11 is 0. The lowest BCUT2D eigenvalue weighted by molar-refractivity contribution is -0.135. The molecule has 1 aromatic heterocycles. The Kier molecular flexibility index (Phi) is 6.78. The van der Waals surface area contributed by atoms with Crippen molar-refractivity contribution in [3.63, 3.8) is 0 Å². The number of hydrogen-bond acceptors (Lipinski definition) is 4. The van der Waals surface area contributed by atoms with E-state index in [0.29, 0.717) is 12.2 Å². The molecule has 2 amide bonds. The van der Waals surface area contributed by atoms with Crippen molar-refractivity contribution in [2.75, 3.05) is 13.7 Å². The molecule has 0 unspecified atom stereocenters. The van der Waals surface area contributed by atoms with Gasteiger partial charge in [0, 0.05) is 12.1 Å². The van der Waals surface area contributed by atoms with E-state index in [1.165, 1.54) is 12.7 Å². The Hall–Kier alpha value is -3.27. The van der Waals surface area contributed by atoms with Gasteiger partial charge >= 0.3 is 6.09 Å². The van der Waals surface area contributed by atoms with Gasteiger partial charge in [0.05, 0.1) is 19.3 Å². The normalized spacial score (nSPS) is 16.7. The van der Waals surface area contributed by atoms with Crippen molar-refractivity contribution in [3.05, 3.63) is 53.1 Å². The number of alkyl carbamates (subject to hydrolysis) is 1. The zero-order valence-corrected chi connectivity index (χ0v) is 17.9. The predicted molar refractivity (Wildman–Crippen MR) is 114 cm³/mol. The molecule has 0 saturated carbocycles. The lowest BCUT2D eigenvalue weighted by atomic mass is 10.0. The summed E-state index contributed by atoms with van der Waals surface area (Å²) in [6.07, 6.45) is 2.78. The molecule has 1 aliphatic heterocycles. The van der Waals surface area contributed by atoms with E-state index in [4.69, 9.17) is 0 Å². The third-order valence-electron chi connectivity index (χ3n) is 5.23. The van der Waals surface area contributed by atoms with Gasteiger partial charge in [0.15, 0.2) is 0 Å². The van der Waals surface area contributed by atoms with Gasteiger partial charge in [-0.15, -0.1) is 0 Å². The molecule has 7 heteroatoms.